The van der Waals surface area contributed by atoms with Gasteiger partial charge in [-0.3, -0.25) is 0 Å². The minimum Gasteiger partial charge on any atom is -0.487 e. The largest absolute Gasteiger partial charge is 0.487 e. The lowest BCUT2D eigenvalue weighted by molar-refractivity contribution is -0.139. The molecular weight excluding hydrogens is 301 g/mol. The molecule has 2 rings (SSSR count). The highest BCUT2D eigenvalue weighted by Crippen LogP contribution is 2.37. The summed E-state index contributed by atoms with van der Waals surface area (Å²) in [4.78, 5) is 4.82. The molecule has 0 fully saturated rings. The van der Waals surface area contributed by atoms with Crippen molar-refractivity contribution in [3.8, 4) is 5.75 Å². The van der Waals surface area contributed by atoms with Gasteiger partial charge in [0.1, 0.15) is 12.4 Å². The molecule has 0 radical (unpaired) electrons. The van der Waals surface area contributed by atoms with E-state index >= 15 is 0 Å². The van der Waals surface area contributed by atoms with Crippen molar-refractivity contribution in [1.82, 2.24) is 4.98 Å². The van der Waals surface area contributed by atoms with Crippen molar-refractivity contribution in [3.05, 3.63) is 45.4 Å². The SMILES string of the molecule is Cc1ncc(COc2ccc(CCN)cc2C(F)(F)F)s1. The van der Waals surface area contributed by atoms with Crippen LogP contribution in [0.15, 0.2) is 24.4 Å². The van der Waals surface area contributed by atoms with Gasteiger partial charge in [-0.05, 0) is 37.6 Å². The smallest absolute Gasteiger partial charge is 0.419 e. The van der Waals surface area contributed by atoms with Gasteiger partial charge in [-0.25, -0.2) is 4.98 Å². The van der Waals surface area contributed by atoms with Gasteiger partial charge in [0.15, 0.2) is 0 Å². The first-order valence-corrected chi connectivity index (χ1v) is 7.16. The molecule has 7 heteroatoms. The van der Waals surface area contributed by atoms with Crippen LogP contribution in [0.25, 0.3) is 0 Å². The van der Waals surface area contributed by atoms with Crippen LogP contribution in [-0.2, 0) is 19.2 Å². The number of alkyl halides is 3. The zero-order valence-corrected chi connectivity index (χ0v) is 12.2. The van der Waals surface area contributed by atoms with Crippen LogP contribution in [0.3, 0.4) is 0 Å². The van der Waals surface area contributed by atoms with Crippen LogP contribution >= 0.6 is 11.3 Å². The van der Waals surface area contributed by atoms with Crippen LogP contribution in [-0.4, -0.2) is 11.5 Å². The summed E-state index contributed by atoms with van der Waals surface area (Å²) in [5.74, 6) is -0.172. The maximum atomic E-state index is 13.1. The second kappa shape index (κ2) is 6.44. The Hall–Kier alpha value is -1.60. The third kappa shape index (κ3) is 4.18. The number of hydrogen-bond acceptors (Lipinski definition) is 4. The Morgan fingerprint density at radius 2 is 2.10 bits per heavy atom. The van der Waals surface area contributed by atoms with E-state index in [9.17, 15) is 13.2 Å². The third-order valence-electron chi connectivity index (χ3n) is 2.82. The Kier molecular flexibility index (Phi) is 4.84. The van der Waals surface area contributed by atoms with Crippen LogP contribution in [0.4, 0.5) is 13.2 Å². The van der Waals surface area contributed by atoms with E-state index in [1.165, 1.54) is 17.4 Å². The summed E-state index contributed by atoms with van der Waals surface area (Å²) in [5.41, 5.74) is 5.15. The molecular formula is C14H15F3N2OS. The molecule has 21 heavy (non-hydrogen) atoms. The lowest BCUT2D eigenvalue weighted by atomic mass is 10.1. The summed E-state index contributed by atoms with van der Waals surface area (Å²) < 4.78 is 44.5. The van der Waals surface area contributed by atoms with Crippen molar-refractivity contribution in [1.29, 1.82) is 0 Å². The number of nitrogens with two attached hydrogens (primary N) is 1. The molecule has 0 atom stereocenters. The van der Waals surface area contributed by atoms with Gasteiger partial charge < -0.3 is 10.5 Å². The molecule has 0 saturated carbocycles. The normalized spacial score (nSPS) is 11.7. The summed E-state index contributed by atoms with van der Waals surface area (Å²) in [5, 5.41) is 0.850. The highest BCUT2D eigenvalue weighted by atomic mass is 32.1. The van der Waals surface area contributed by atoms with Crippen LogP contribution in [0, 0.1) is 6.92 Å². The van der Waals surface area contributed by atoms with E-state index in [1.54, 1.807) is 12.3 Å². The molecule has 3 nitrogen and oxygen atoms in total. The molecule has 1 aromatic heterocycles. The lowest BCUT2D eigenvalue weighted by Crippen LogP contribution is -2.10. The van der Waals surface area contributed by atoms with Crippen molar-refractivity contribution < 1.29 is 17.9 Å². The minimum absolute atomic E-state index is 0.0742. The van der Waals surface area contributed by atoms with Gasteiger partial charge in [-0.1, -0.05) is 6.07 Å². The molecule has 0 aliphatic carbocycles. The van der Waals surface area contributed by atoms with Gasteiger partial charge in [0.05, 0.1) is 15.4 Å². The quantitative estimate of drug-likeness (QED) is 0.917. The standard InChI is InChI=1S/C14H15F3N2OS/c1-9-19-7-11(21-9)8-20-13-3-2-10(4-5-18)6-12(13)14(15,16)17/h2-3,6-7H,4-5,8,18H2,1H3. The fourth-order valence-corrected chi connectivity index (χ4v) is 2.58. The fourth-order valence-electron chi connectivity index (χ4n) is 1.87. The van der Waals surface area contributed by atoms with E-state index in [2.05, 4.69) is 4.98 Å². The van der Waals surface area contributed by atoms with Gasteiger partial charge in [0.2, 0.25) is 0 Å². The third-order valence-corrected chi connectivity index (χ3v) is 3.71. The van der Waals surface area contributed by atoms with Gasteiger partial charge in [-0.15, -0.1) is 11.3 Å². The Morgan fingerprint density at radius 3 is 2.67 bits per heavy atom. The number of nitrogens with zero attached hydrogens (tertiary/aromatic N) is 1. The molecule has 0 spiro atoms. The molecule has 114 valence electrons. The van der Waals surface area contributed by atoms with E-state index in [1.807, 2.05) is 6.92 Å². The molecule has 1 aromatic carbocycles. The summed E-state index contributed by atoms with van der Waals surface area (Å²) >= 11 is 1.40. The van der Waals surface area contributed by atoms with Gasteiger partial charge in [-0.2, -0.15) is 13.2 Å². The van der Waals surface area contributed by atoms with Gasteiger partial charge in [0, 0.05) is 6.20 Å². The van der Waals surface area contributed by atoms with Crippen LogP contribution in [0.1, 0.15) is 21.0 Å². The van der Waals surface area contributed by atoms with Crippen molar-refractivity contribution in [2.24, 2.45) is 5.73 Å². The number of thiazole rings is 1. The zero-order valence-electron chi connectivity index (χ0n) is 11.4. The van der Waals surface area contributed by atoms with E-state index in [4.69, 9.17) is 10.5 Å². The number of aryl methyl sites for hydroxylation is 1. The van der Waals surface area contributed by atoms with E-state index in [-0.39, 0.29) is 12.4 Å². The number of halogens is 3. The van der Waals surface area contributed by atoms with Gasteiger partial charge in [0.25, 0.3) is 0 Å². The molecule has 2 aromatic rings. The predicted octanol–water partition coefficient (Wildman–Crippen LogP) is 3.55. The average molecular weight is 316 g/mol. The van der Waals surface area contributed by atoms with Crippen molar-refractivity contribution in [2.45, 2.75) is 26.1 Å². The molecule has 0 saturated heterocycles. The predicted molar refractivity (Wildman–Crippen MR) is 75.4 cm³/mol. The maximum absolute atomic E-state index is 13.1. The topological polar surface area (TPSA) is 48.1 Å². The maximum Gasteiger partial charge on any atom is 0.419 e. The van der Waals surface area contributed by atoms with Crippen molar-refractivity contribution in [3.63, 3.8) is 0 Å². The van der Waals surface area contributed by atoms with E-state index < -0.39 is 11.7 Å². The molecule has 0 aliphatic heterocycles. The zero-order chi connectivity index (χ0) is 15.5. The Labute approximate surface area is 124 Å². The number of hydrogen-bond donors (Lipinski definition) is 1. The Balaban J connectivity index is 2.21. The lowest BCUT2D eigenvalue weighted by Gasteiger charge is -2.15. The average Bonchev–Trinajstić information content (AvgIpc) is 2.82. The summed E-state index contributed by atoms with van der Waals surface area (Å²) in [6.07, 6.45) is -2.45. The highest BCUT2D eigenvalue weighted by Gasteiger charge is 2.34. The summed E-state index contributed by atoms with van der Waals surface area (Å²) in [7, 11) is 0. The highest BCUT2D eigenvalue weighted by molar-refractivity contribution is 7.11. The number of aromatic nitrogens is 1. The first kappa shape index (κ1) is 15.8. The van der Waals surface area contributed by atoms with E-state index in [0.717, 1.165) is 16.0 Å². The van der Waals surface area contributed by atoms with Crippen molar-refractivity contribution >= 4 is 11.3 Å². The molecule has 0 amide bonds. The monoisotopic (exact) mass is 316 g/mol. The Morgan fingerprint density at radius 1 is 1.33 bits per heavy atom. The number of rotatable bonds is 5. The molecule has 2 N–H and O–H groups in total. The fraction of sp³-hybridized carbons (Fsp3) is 0.357. The second-order valence-electron chi connectivity index (χ2n) is 4.50. The second-order valence-corrected chi connectivity index (χ2v) is 5.82. The summed E-state index contributed by atoms with van der Waals surface area (Å²) in [6, 6.07) is 4.05. The van der Waals surface area contributed by atoms with Crippen molar-refractivity contribution in [2.75, 3.05) is 6.54 Å². The number of benzene rings is 1. The summed E-state index contributed by atoms with van der Waals surface area (Å²) in [6.45, 7) is 2.21. The molecule has 1 heterocycles. The first-order chi connectivity index (χ1) is 9.90. The minimum atomic E-state index is -4.45. The van der Waals surface area contributed by atoms with Crippen LogP contribution in [0.5, 0.6) is 5.75 Å². The van der Waals surface area contributed by atoms with Gasteiger partial charge >= 0.3 is 6.18 Å². The van der Waals surface area contributed by atoms with Crippen LogP contribution < -0.4 is 10.5 Å². The molecule has 0 unspecified atom stereocenters. The molecule has 0 aliphatic rings. The number of ether oxygens (including phenoxy) is 1. The Bertz CT molecular complexity index is 611. The van der Waals surface area contributed by atoms with Crippen LogP contribution in [0.2, 0.25) is 0 Å². The first-order valence-electron chi connectivity index (χ1n) is 6.34. The van der Waals surface area contributed by atoms with E-state index in [0.29, 0.717) is 18.5 Å². The molecule has 0 bridgehead atoms.